The van der Waals surface area contributed by atoms with Crippen molar-refractivity contribution in [3.63, 3.8) is 0 Å². The number of hydrogen-bond acceptors (Lipinski definition) is 4. The first kappa shape index (κ1) is 17.2. The number of benzene rings is 1. The van der Waals surface area contributed by atoms with E-state index < -0.39 is 0 Å². The topological polar surface area (TPSA) is 62.3 Å². The van der Waals surface area contributed by atoms with Crippen LogP contribution in [0.1, 0.15) is 44.6 Å². The van der Waals surface area contributed by atoms with Gasteiger partial charge in [-0.05, 0) is 30.9 Å². The number of amides is 2. The lowest BCUT2D eigenvalue weighted by Gasteiger charge is -2.19. The molecule has 0 saturated heterocycles. The molecule has 1 aliphatic heterocycles. The molecule has 6 heteroatoms. The third kappa shape index (κ3) is 3.38. The minimum atomic E-state index is 0.0691. The largest absolute Gasteiger partial charge is 0.312 e. The Morgan fingerprint density at radius 1 is 1.23 bits per heavy atom. The number of anilines is 2. The van der Waals surface area contributed by atoms with Gasteiger partial charge in [-0.15, -0.1) is 11.3 Å². The molecule has 1 aromatic carbocycles. The molecule has 1 fully saturated rings. The van der Waals surface area contributed by atoms with Crippen LogP contribution in [0.15, 0.2) is 23.6 Å². The lowest BCUT2D eigenvalue weighted by atomic mass is 9.89. The van der Waals surface area contributed by atoms with Crippen LogP contribution >= 0.6 is 11.3 Å². The fourth-order valence-electron chi connectivity index (χ4n) is 3.90. The van der Waals surface area contributed by atoms with Crippen molar-refractivity contribution in [2.75, 3.05) is 16.8 Å². The number of aromatic nitrogens is 1. The first-order chi connectivity index (χ1) is 12.6. The number of carbonyl (C=O) groups excluding carboxylic acids is 2. The molecule has 5 nitrogen and oxygen atoms in total. The zero-order chi connectivity index (χ0) is 18.1. The summed E-state index contributed by atoms with van der Waals surface area (Å²) in [6.07, 6.45) is 6.38. The smallest absolute Gasteiger partial charge is 0.229 e. The van der Waals surface area contributed by atoms with Gasteiger partial charge < -0.3 is 10.2 Å². The molecular formula is C20H23N3O2S. The highest BCUT2D eigenvalue weighted by atomic mass is 32.1. The lowest BCUT2D eigenvalue weighted by Crippen LogP contribution is -2.25. The molecule has 1 aromatic heterocycles. The molecule has 2 aliphatic rings. The molecule has 136 valence electrons. The summed E-state index contributed by atoms with van der Waals surface area (Å²) in [5.41, 5.74) is 4.00. The van der Waals surface area contributed by atoms with Crippen LogP contribution < -0.4 is 10.2 Å². The van der Waals surface area contributed by atoms with Gasteiger partial charge in [-0.3, -0.25) is 9.59 Å². The quantitative estimate of drug-likeness (QED) is 0.880. The van der Waals surface area contributed by atoms with Gasteiger partial charge in [-0.25, -0.2) is 4.98 Å². The van der Waals surface area contributed by atoms with Gasteiger partial charge in [0.05, 0.1) is 5.69 Å². The maximum absolute atomic E-state index is 12.4. The Morgan fingerprint density at radius 2 is 2.04 bits per heavy atom. The van der Waals surface area contributed by atoms with E-state index in [2.05, 4.69) is 16.4 Å². The van der Waals surface area contributed by atoms with E-state index in [1.807, 2.05) is 22.4 Å². The predicted octanol–water partition coefficient (Wildman–Crippen LogP) is 4.24. The minimum Gasteiger partial charge on any atom is -0.312 e. The van der Waals surface area contributed by atoms with Gasteiger partial charge in [0.1, 0.15) is 0 Å². The molecule has 2 aromatic rings. The Bertz CT molecular complexity index is 839. The van der Waals surface area contributed by atoms with Gasteiger partial charge in [0.25, 0.3) is 0 Å². The molecule has 26 heavy (non-hydrogen) atoms. The van der Waals surface area contributed by atoms with Crippen LogP contribution in [-0.4, -0.2) is 23.3 Å². The van der Waals surface area contributed by atoms with Crippen molar-refractivity contribution in [3.05, 3.63) is 29.1 Å². The van der Waals surface area contributed by atoms with E-state index in [-0.39, 0.29) is 17.7 Å². The Labute approximate surface area is 157 Å². The highest BCUT2D eigenvalue weighted by molar-refractivity contribution is 7.14. The van der Waals surface area contributed by atoms with Gasteiger partial charge >= 0.3 is 0 Å². The van der Waals surface area contributed by atoms with Crippen LogP contribution in [0.4, 0.5) is 10.8 Å². The third-order valence-corrected chi connectivity index (χ3v) is 6.12. The first-order valence-corrected chi connectivity index (χ1v) is 10.2. The second-order valence-corrected chi connectivity index (χ2v) is 7.98. The summed E-state index contributed by atoms with van der Waals surface area (Å²) < 4.78 is 0. The summed E-state index contributed by atoms with van der Waals surface area (Å²) in [7, 11) is 0. The zero-order valence-corrected chi connectivity index (χ0v) is 15.8. The fraction of sp³-hybridized carbons (Fsp3) is 0.450. The van der Waals surface area contributed by atoms with Crippen molar-refractivity contribution in [3.8, 4) is 11.3 Å². The Hall–Kier alpha value is -2.21. The molecule has 0 bridgehead atoms. The van der Waals surface area contributed by atoms with E-state index in [0.717, 1.165) is 55.6 Å². The lowest BCUT2D eigenvalue weighted by molar-refractivity contribution is -0.120. The molecule has 1 N–H and O–H groups in total. The summed E-state index contributed by atoms with van der Waals surface area (Å²) >= 11 is 1.45. The number of fused-ring (bicyclic) bond motifs is 1. The van der Waals surface area contributed by atoms with Crippen molar-refractivity contribution >= 4 is 34.0 Å². The predicted molar refractivity (Wildman–Crippen MR) is 104 cm³/mol. The summed E-state index contributed by atoms with van der Waals surface area (Å²) in [5, 5.41) is 5.60. The van der Waals surface area contributed by atoms with Gasteiger partial charge in [0.15, 0.2) is 5.13 Å². The Balaban J connectivity index is 1.50. The van der Waals surface area contributed by atoms with Crippen LogP contribution in [0.2, 0.25) is 0 Å². The average Bonchev–Trinajstić information content (AvgIpc) is 3.28. The van der Waals surface area contributed by atoms with Crippen molar-refractivity contribution in [1.82, 2.24) is 4.98 Å². The van der Waals surface area contributed by atoms with Crippen molar-refractivity contribution in [2.45, 2.75) is 45.4 Å². The SMILES string of the molecule is CC(=O)N1CCc2ccc(-c3csc(NC(=O)C4CCCCC4)n3)cc21. The number of thiazole rings is 1. The van der Waals surface area contributed by atoms with E-state index in [9.17, 15) is 9.59 Å². The Morgan fingerprint density at radius 3 is 2.81 bits per heavy atom. The van der Waals surface area contributed by atoms with Crippen molar-refractivity contribution < 1.29 is 9.59 Å². The maximum atomic E-state index is 12.4. The second kappa shape index (κ2) is 7.19. The normalized spacial score (nSPS) is 17.2. The van der Waals surface area contributed by atoms with Crippen molar-refractivity contribution in [1.29, 1.82) is 0 Å². The number of nitrogens with one attached hydrogen (secondary N) is 1. The standard InChI is InChI=1S/C20H23N3O2S/c1-13(24)23-10-9-14-7-8-16(11-18(14)23)17-12-26-20(21-17)22-19(25)15-5-3-2-4-6-15/h7-8,11-12,15H,2-6,9-10H2,1H3,(H,21,22,25). The molecule has 4 rings (SSSR count). The van der Waals surface area contributed by atoms with Gasteiger partial charge in [0, 0.05) is 36.0 Å². The fourth-order valence-corrected chi connectivity index (χ4v) is 4.62. The van der Waals surface area contributed by atoms with Crippen molar-refractivity contribution in [2.24, 2.45) is 5.92 Å². The molecule has 2 heterocycles. The number of carbonyl (C=O) groups is 2. The van der Waals surface area contributed by atoms with E-state index in [1.165, 1.54) is 23.3 Å². The van der Waals surface area contributed by atoms with Crippen LogP contribution in [0, 0.1) is 5.92 Å². The average molecular weight is 369 g/mol. The molecular weight excluding hydrogens is 346 g/mol. The number of rotatable bonds is 3. The second-order valence-electron chi connectivity index (χ2n) is 7.13. The molecule has 0 atom stereocenters. The van der Waals surface area contributed by atoms with E-state index in [1.54, 1.807) is 6.92 Å². The van der Waals surface area contributed by atoms with E-state index >= 15 is 0 Å². The van der Waals surface area contributed by atoms with E-state index in [4.69, 9.17) is 0 Å². The monoisotopic (exact) mass is 369 g/mol. The highest BCUT2D eigenvalue weighted by Crippen LogP contribution is 2.34. The molecule has 1 aliphatic carbocycles. The molecule has 0 radical (unpaired) electrons. The molecule has 2 amide bonds. The maximum Gasteiger partial charge on any atom is 0.229 e. The van der Waals surface area contributed by atoms with E-state index in [0.29, 0.717) is 5.13 Å². The van der Waals surface area contributed by atoms with Gasteiger partial charge in [0.2, 0.25) is 11.8 Å². The van der Waals surface area contributed by atoms with Crippen LogP contribution in [0.5, 0.6) is 0 Å². The highest BCUT2D eigenvalue weighted by Gasteiger charge is 2.24. The van der Waals surface area contributed by atoms with Gasteiger partial charge in [-0.1, -0.05) is 31.4 Å². The number of hydrogen-bond donors (Lipinski definition) is 1. The number of nitrogens with zero attached hydrogens (tertiary/aromatic N) is 2. The third-order valence-electron chi connectivity index (χ3n) is 5.37. The summed E-state index contributed by atoms with van der Waals surface area (Å²) in [6.45, 7) is 2.34. The molecule has 0 spiro atoms. The summed E-state index contributed by atoms with van der Waals surface area (Å²) in [5.74, 6) is 0.294. The molecule has 0 unspecified atom stereocenters. The van der Waals surface area contributed by atoms with Crippen LogP contribution in [0.3, 0.4) is 0 Å². The minimum absolute atomic E-state index is 0.0691. The molecule has 1 saturated carbocycles. The van der Waals surface area contributed by atoms with Crippen LogP contribution in [-0.2, 0) is 16.0 Å². The van der Waals surface area contributed by atoms with Gasteiger partial charge in [-0.2, -0.15) is 0 Å². The Kier molecular flexibility index (Phi) is 4.76. The van der Waals surface area contributed by atoms with Crippen LogP contribution in [0.25, 0.3) is 11.3 Å². The first-order valence-electron chi connectivity index (χ1n) is 9.29. The zero-order valence-electron chi connectivity index (χ0n) is 15.0. The summed E-state index contributed by atoms with van der Waals surface area (Å²) in [6, 6.07) is 6.16. The summed E-state index contributed by atoms with van der Waals surface area (Å²) in [4.78, 5) is 30.6.